The molecule has 0 saturated carbocycles. The molecule has 0 unspecified atom stereocenters. The van der Waals surface area contributed by atoms with Crippen LogP contribution in [0.15, 0.2) is 67.1 Å². The van der Waals surface area contributed by atoms with E-state index in [4.69, 9.17) is 4.98 Å². The molecule has 0 bridgehead atoms. The van der Waals surface area contributed by atoms with E-state index in [0.29, 0.717) is 35.4 Å². The van der Waals surface area contributed by atoms with Crippen LogP contribution in [0, 0.1) is 0 Å². The smallest absolute Gasteiger partial charge is 0.254 e. The topological polar surface area (TPSA) is 84.1 Å². The molecule has 0 fully saturated rings. The van der Waals surface area contributed by atoms with Gasteiger partial charge in [-0.15, -0.1) is 0 Å². The highest BCUT2D eigenvalue weighted by atomic mass is 16.3. The Balaban J connectivity index is 1.85. The van der Waals surface area contributed by atoms with Crippen molar-refractivity contribution in [2.24, 2.45) is 0 Å². The van der Waals surface area contributed by atoms with Gasteiger partial charge in [-0.3, -0.25) is 9.78 Å². The van der Waals surface area contributed by atoms with E-state index in [-0.39, 0.29) is 12.5 Å². The molecule has 7 heteroatoms. The first-order valence-corrected chi connectivity index (χ1v) is 10.7. The molecule has 0 aliphatic heterocycles. The number of hydrogen-bond donors (Lipinski definition) is 1. The zero-order valence-electron chi connectivity index (χ0n) is 18.6. The minimum atomic E-state index is -0.995. The maximum atomic E-state index is 13.6. The Morgan fingerprint density at radius 1 is 1.12 bits per heavy atom. The van der Waals surface area contributed by atoms with Crippen molar-refractivity contribution in [3.8, 4) is 11.3 Å². The van der Waals surface area contributed by atoms with E-state index in [1.807, 2.05) is 55.5 Å². The maximum Gasteiger partial charge on any atom is 0.254 e. The summed E-state index contributed by atoms with van der Waals surface area (Å²) in [5.74, 6) is -0.153. The van der Waals surface area contributed by atoms with Gasteiger partial charge in [0.15, 0.2) is 5.65 Å². The van der Waals surface area contributed by atoms with Gasteiger partial charge in [0.25, 0.3) is 5.91 Å². The fourth-order valence-electron chi connectivity index (χ4n) is 3.73. The van der Waals surface area contributed by atoms with Crippen LogP contribution in [0.4, 0.5) is 0 Å². The van der Waals surface area contributed by atoms with Crippen LogP contribution in [0.3, 0.4) is 0 Å². The minimum Gasteiger partial charge on any atom is -0.389 e. The van der Waals surface area contributed by atoms with Crippen molar-refractivity contribution >= 4 is 16.9 Å². The Bertz CT molecular complexity index is 1210. The molecule has 1 N–H and O–H groups in total. The third kappa shape index (κ3) is 4.68. The lowest BCUT2D eigenvalue weighted by atomic mass is 10.0. The molecule has 0 spiro atoms. The van der Waals surface area contributed by atoms with Gasteiger partial charge < -0.3 is 10.0 Å². The monoisotopic (exact) mass is 429 g/mol. The number of fused-ring (bicyclic) bond motifs is 1. The third-order valence-corrected chi connectivity index (χ3v) is 5.21. The maximum absolute atomic E-state index is 13.6. The van der Waals surface area contributed by atoms with E-state index >= 15 is 0 Å². The number of pyridine rings is 2. The molecule has 32 heavy (non-hydrogen) atoms. The van der Waals surface area contributed by atoms with Gasteiger partial charge in [0.2, 0.25) is 0 Å². The Labute approximate surface area is 187 Å². The van der Waals surface area contributed by atoms with E-state index in [9.17, 15) is 9.90 Å². The number of amides is 1. The Morgan fingerprint density at radius 3 is 2.56 bits per heavy atom. The molecule has 1 aromatic carbocycles. The zero-order valence-corrected chi connectivity index (χ0v) is 18.6. The summed E-state index contributed by atoms with van der Waals surface area (Å²) in [6.45, 7) is 6.52. The van der Waals surface area contributed by atoms with Crippen LogP contribution in [0.2, 0.25) is 0 Å². The molecule has 3 aromatic heterocycles. The summed E-state index contributed by atoms with van der Waals surface area (Å²) in [5, 5.41) is 15.5. The fourth-order valence-corrected chi connectivity index (χ4v) is 3.73. The van der Waals surface area contributed by atoms with Crippen LogP contribution < -0.4 is 0 Å². The lowest BCUT2D eigenvalue weighted by molar-refractivity contribution is 0.0316. The van der Waals surface area contributed by atoms with Gasteiger partial charge in [0, 0.05) is 31.0 Å². The highest BCUT2D eigenvalue weighted by Crippen LogP contribution is 2.26. The number of rotatable bonds is 7. The molecule has 0 atom stereocenters. The summed E-state index contributed by atoms with van der Waals surface area (Å²) in [6, 6.07) is 15.5. The summed E-state index contributed by atoms with van der Waals surface area (Å²) in [4.78, 5) is 24.3. The predicted octanol–water partition coefficient (Wildman–Crippen LogP) is 3.77. The Kier molecular flexibility index (Phi) is 6.01. The standard InChI is InChI=1S/C25H27N5O2/c1-4-29(17-25(2,3)32)24(31)20-13-22(19-10-6-5-7-11-19)28-23-21(20)15-27-30(23)16-18-9-8-12-26-14-18/h5-15,32H,4,16-17H2,1-3H3. The van der Waals surface area contributed by atoms with Crippen molar-refractivity contribution in [3.63, 3.8) is 0 Å². The second-order valence-corrected chi connectivity index (χ2v) is 8.45. The Morgan fingerprint density at radius 2 is 1.91 bits per heavy atom. The van der Waals surface area contributed by atoms with Gasteiger partial charge in [-0.25, -0.2) is 9.67 Å². The van der Waals surface area contributed by atoms with Crippen molar-refractivity contribution in [1.29, 1.82) is 0 Å². The van der Waals surface area contributed by atoms with Crippen LogP contribution in [0.1, 0.15) is 36.7 Å². The number of likely N-dealkylation sites (N-methyl/N-ethyl adjacent to an activating group) is 1. The summed E-state index contributed by atoms with van der Waals surface area (Å²) < 4.78 is 1.79. The summed E-state index contributed by atoms with van der Waals surface area (Å²) in [5.41, 5.74) is 2.78. The van der Waals surface area contributed by atoms with Crippen LogP contribution in [-0.4, -0.2) is 54.4 Å². The molecule has 1 amide bonds. The van der Waals surface area contributed by atoms with Crippen LogP contribution in [0.5, 0.6) is 0 Å². The molecule has 0 aliphatic carbocycles. The molecule has 4 aromatic rings. The zero-order chi connectivity index (χ0) is 22.7. The van der Waals surface area contributed by atoms with E-state index in [2.05, 4.69) is 10.1 Å². The lowest BCUT2D eigenvalue weighted by Crippen LogP contribution is -2.42. The van der Waals surface area contributed by atoms with Crippen molar-refractivity contribution in [3.05, 3.63) is 78.2 Å². The van der Waals surface area contributed by atoms with Crippen LogP contribution in [0.25, 0.3) is 22.3 Å². The van der Waals surface area contributed by atoms with Crippen molar-refractivity contribution in [2.75, 3.05) is 13.1 Å². The van der Waals surface area contributed by atoms with Crippen LogP contribution >= 0.6 is 0 Å². The van der Waals surface area contributed by atoms with Crippen molar-refractivity contribution < 1.29 is 9.90 Å². The largest absolute Gasteiger partial charge is 0.389 e. The molecule has 0 radical (unpaired) electrons. The average molecular weight is 430 g/mol. The predicted molar refractivity (Wildman–Crippen MR) is 124 cm³/mol. The first-order chi connectivity index (χ1) is 15.4. The Hall–Kier alpha value is -3.58. The van der Waals surface area contributed by atoms with E-state index < -0.39 is 5.60 Å². The highest BCUT2D eigenvalue weighted by molar-refractivity contribution is 6.06. The minimum absolute atomic E-state index is 0.153. The van der Waals surface area contributed by atoms with Gasteiger partial charge in [0.1, 0.15) is 0 Å². The molecular formula is C25H27N5O2. The molecular weight excluding hydrogens is 402 g/mol. The molecule has 164 valence electrons. The first-order valence-electron chi connectivity index (χ1n) is 10.7. The van der Waals surface area contributed by atoms with Gasteiger partial charge in [-0.2, -0.15) is 5.10 Å². The fraction of sp³-hybridized carbons (Fsp3) is 0.280. The number of carbonyl (C=O) groups excluding carboxylic acids is 1. The van der Waals surface area contributed by atoms with E-state index in [1.54, 1.807) is 42.0 Å². The lowest BCUT2D eigenvalue weighted by Gasteiger charge is -2.28. The number of hydrogen-bond acceptors (Lipinski definition) is 5. The number of nitrogens with zero attached hydrogens (tertiary/aromatic N) is 5. The first kappa shape index (κ1) is 21.6. The van der Waals surface area contributed by atoms with E-state index in [0.717, 1.165) is 11.1 Å². The molecule has 3 heterocycles. The second-order valence-electron chi connectivity index (χ2n) is 8.45. The van der Waals surface area contributed by atoms with Crippen molar-refractivity contribution in [1.82, 2.24) is 24.6 Å². The van der Waals surface area contributed by atoms with Gasteiger partial charge in [-0.05, 0) is 38.5 Å². The number of benzene rings is 1. The number of carbonyl (C=O) groups is 1. The normalized spacial score (nSPS) is 11.6. The number of aliphatic hydroxyl groups is 1. The summed E-state index contributed by atoms with van der Waals surface area (Å²) >= 11 is 0. The highest BCUT2D eigenvalue weighted by Gasteiger charge is 2.25. The van der Waals surface area contributed by atoms with E-state index in [1.165, 1.54) is 0 Å². The summed E-state index contributed by atoms with van der Waals surface area (Å²) in [6.07, 6.45) is 5.22. The summed E-state index contributed by atoms with van der Waals surface area (Å²) in [7, 11) is 0. The molecule has 7 nitrogen and oxygen atoms in total. The average Bonchev–Trinajstić information content (AvgIpc) is 3.19. The third-order valence-electron chi connectivity index (χ3n) is 5.21. The van der Waals surface area contributed by atoms with Gasteiger partial charge in [0.05, 0.1) is 35.0 Å². The number of aromatic nitrogens is 4. The quantitative estimate of drug-likeness (QED) is 0.483. The molecule has 0 aliphatic rings. The molecule has 4 rings (SSSR count). The van der Waals surface area contributed by atoms with Gasteiger partial charge >= 0.3 is 0 Å². The van der Waals surface area contributed by atoms with Gasteiger partial charge in [-0.1, -0.05) is 36.4 Å². The van der Waals surface area contributed by atoms with Crippen molar-refractivity contribution in [2.45, 2.75) is 32.9 Å². The van der Waals surface area contributed by atoms with Crippen LogP contribution in [-0.2, 0) is 6.54 Å². The SMILES string of the molecule is CCN(CC(C)(C)O)C(=O)c1cc(-c2ccccc2)nc2c1cnn2Cc1cccnc1. The molecule has 0 saturated heterocycles. The second kappa shape index (κ2) is 8.88.